The van der Waals surface area contributed by atoms with E-state index in [1.807, 2.05) is 69.4 Å². The monoisotopic (exact) mass is 378 g/mol. The summed E-state index contributed by atoms with van der Waals surface area (Å²) >= 11 is 0. The third-order valence-corrected chi connectivity index (χ3v) is 5.15. The van der Waals surface area contributed by atoms with E-state index >= 15 is 0 Å². The van der Waals surface area contributed by atoms with Crippen LogP contribution in [0.25, 0.3) is 5.57 Å². The van der Waals surface area contributed by atoms with Crippen LogP contribution in [0.5, 0.6) is 0 Å². The van der Waals surface area contributed by atoms with Gasteiger partial charge in [0.1, 0.15) is 5.70 Å². The molecule has 1 aliphatic rings. The van der Waals surface area contributed by atoms with Gasteiger partial charge in [-0.05, 0) is 49.1 Å². The lowest BCUT2D eigenvalue weighted by atomic mass is 9.99. The number of para-hydroxylation sites is 1. The van der Waals surface area contributed by atoms with Crippen molar-refractivity contribution in [3.8, 4) is 0 Å². The highest BCUT2D eigenvalue weighted by Crippen LogP contribution is 2.34. The number of benzene rings is 2. The molecule has 0 aromatic heterocycles. The van der Waals surface area contributed by atoms with Gasteiger partial charge < -0.3 is 9.64 Å². The number of hydrogen-bond acceptors (Lipinski definition) is 4. The largest absolute Gasteiger partial charge is 0.385 e. The maximum atomic E-state index is 13.2. The summed E-state index contributed by atoms with van der Waals surface area (Å²) in [6, 6.07) is 15.5. The SMILES string of the molecule is COCCCN1C(=O)C(c2ccc(C)c(C)c2)=C(N(C)c2ccccc2)C1=O. The summed E-state index contributed by atoms with van der Waals surface area (Å²) in [6.45, 7) is 4.88. The van der Waals surface area contributed by atoms with Gasteiger partial charge in [0.05, 0.1) is 5.57 Å². The molecular formula is C23H26N2O3. The van der Waals surface area contributed by atoms with Gasteiger partial charge in [-0.1, -0.05) is 36.4 Å². The molecule has 0 atom stereocenters. The first-order valence-corrected chi connectivity index (χ1v) is 9.41. The van der Waals surface area contributed by atoms with E-state index in [2.05, 4.69) is 0 Å². The van der Waals surface area contributed by atoms with Crippen molar-refractivity contribution in [2.45, 2.75) is 20.3 Å². The highest BCUT2D eigenvalue weighted by molar-refractivity contribution is 6.36. The maximum Gasteiger partial charge on any atom is 0.278 e. The number of carbonyl (C=O) groups is 2. The lowest BCUT2D eigenvalue weighted by Gasteiger charge is -2.21. The van der Waals surface area contributed by atoms with Gasteiger partial charge >= 0.3 is 0 Å². The predicted molar refractivity (Wildman–Crippen MR) is 111 cm³/mol. The molecule has 2 amide bonds. The summed E-state index contributed by atoms with van der Waals surface area (Å²) in [5.74, 6) is -0.511. The number of likely N-dealkylation sites (N-methyl/N-ethyl adjacent to an activating group) is 1. The van der Waals surface area contributed by atoms with Gasteiger partial charge in [0.15, 0.2) is 0 Å². The highest BCUT2D eigenvalue weighted by atomic mass is 16.5. The Balaban J connectivity index is 2.08. The molecule has 2 aromatic rings. The molecule has 1 heterocycles. The number of carbonyl (C=O) groups excluding carboxylic acids is 2. The van der Waals surface area contributed by atoms with Gasteiger partial charge in [0.2, 0.25) is 0 Å². The van der Waals surface area contributed by atoms with Crippen LogP contribution in [0.15, 0.2) is 54.2 Å². The van der Waals surface area contributed by atoms with Gasteiger partial charge in [-0.2, -0.15) is 0 Å². The van der Waals surface area contributed by atoms with E-state index in [-0.39, 0.29) is 11.8 Å². The molecule has 0 unspecified atom stereocenters. The third kappa shape index (κ3) is 3.71. The average molecular weight is 378 g/mol. The first-order chi connectivity index (χ1) is 13.5. The number of nitrogens with zero attached hydrogens (tertiary/aromatic N) is 2. The minimum absolute atomic E-state index is 0.248. The van der Waals surface area contributed by atoms with Crippen molar-refractivity contribution in [1.82, 2.24) is 4.90 Å². The summed E-state index contributed by atoms with van der Waals surface area (Å²) in [5.41, 5.74) is 4.74. The van der Waals surface area contributed by atoms with Crippen LogP contribution in [0.4, 0.5) is 5.69 Å². The van der Waals surface area contributed by atoms with Crippen LogP contribution in [0.1, 0.15) is 23.1 Å². The molecule has 0 saturated carbocycles. The van der Waals surface area contributed by atoms with Gasteiger partial charge in [-0.3, -0.25) is 14.5 Å². The Bertz CT molecular complexity index is 919. The Labute approximate surface area is 166 Å². The second-order valence-corrected chi connectivity index (χ2v) is 7.03. The predicted octanol–water partition coefficient (Wildman–Crippen LogP) is 3.56. The second-order valence-electron chi connectivity index (χ2n) is 7.03. The summed E-state index contributed by atoms with van der Waals surface area (Å²) in [6.07, 6.45) is 0.608. The van der Waals surface area contributed by atoms with Crippen molar-refractivity contribution in [1.29, 1.82) is 0 Å². The van der Waals surface area contributed by atoms with Crippen LogP contribution >= 0.6 is 0 Å². The van der Waals surface area contributed by atoms with Crippen molar-refractivity contribution < 1.29 is 14.3 Å². The number of hydrogen-bond donors (Lipinski definition) is 0. The summed E-state index contributed by atoms with van der Waals surface area (Å²) < 4.78 is 5.08. The fraction of sp³-hybridized carbons (Fsp3) is 0.304. The van der Waals surface area contributed by atoms with Crippen molar-refractivity contribution in [3.63, 3.8) is 0 Å². The topological polar surface area (TPSA) is 49.9 Å². The maximum absolute atomic E-state index is 13.2. The van der Waals surface area contributed by atoms with Crippen LogP contribution in [-0.4, -0.2) is 44.0 Å². The Kier molecular flexibility index (Phi) is 5.95. The van der Waals surface area contributed by atoms with Crippen molar-refractivity contribution in [3.05, 3.63) is 70.9 Å². The minimum atomic E-state index is -0.263. The van der Waals surface area contributed by atoms with E-state index in [1.54, 1.807) is 12.0 Å². The van der Waals surface area contributed by atoms with Crippen LogP contribution < -0.4 is 4.90 Å². The minimum Gasteiger partial charge on any atom is -0.385 e. The molecule has 5 nitrogen and oxygen atoms in total. The van der Waals surface area contributed by atoms with E-state index in [1.165, 1.54) is 4.90 Å². The number of aryl methyl sites for hydroxylation is 2. The number of rotatable bonds is 7. The van der Waals surface area contributed by atoms with Crippen LogP contribution in [-0.2, 0) is 14.3 Å². The number of anilines is 1. The molecule has 146 valence electrons. The Hall–Kier alpha value is -2.92. The fourth-order valence-corrected chi connectivity index (χ4v) is 3.38. The zero-order valence-corrected chi connectivity index (χ0v) is 16.9. The Morgan fingerprint density at radius 1 is 0.964 bits per heavy atom. The van der Waals surface area contributed by atoms with Gasteiger partial charge in [-0.25, -0.2) is 0 Å². The summed E-state index contributed by atoms with van der Waals surface area (Å²) in [4.78, 5) is 29.6. The average Bonchev–Trinajstić information content (AvgIpc) is 2.95. The van der Waals surface area contributed by atoms with Crippen LogP contribution in [0.2, 0.25) is 0 Å². The third-order valence-electron chi connectivity index (χ3n) is 5.15. The molecule has 5 heteroatoms. The van der Waals surface area contributed by atoms with E-state index in [0.29, 0.717) is 30.8 Å². The van der Waals surface area contributed by atoms with Crippen molar-refractivity contribution >= 4 is 23.1 Å². The number of amides is 2. The zero-order chi connectivity index (χ0) is 20.3. The van der Waals surface area contributed by atoms with E-state index in [4.69, 9.17) is 4.74 Å². The molecular weight excluding hydrogens is 352 g/mol. The fourth-order valence-electron chi connectivity index (χ4n) is 3.38. The Morgan fingerprint density at radius 2 is 1.68 bits per heavy atom. The number of methoxy groups -OCH3 is 1. The highest BCUT2D eigenvalue weighted by Gasteiger charge is 2.40. The molecule has 3 rings (SSSR count). The normalized spacial score (nSPS) is 14.2. The van der Waals surface area contributed by atoms with Gasteiger partial charge in [0.25, 0.3) is 11.8 Å². The van der Waals surface area contributed by atoms with Gasteiger partial charge in [-0.15, -0.1) is 0 Å². The van der Waals surface area contributed by atoms with Crippen LogP contribution in [0.3, 0.4) is 0 Å². The molecule has 28 heavy (non-hydrogen) atoms. The van der Waals surface area contributed by atoms with E-state index in [9.17, 15) is 9.59 Å². The molecule has 1 aliphatic heterocycles. The molecule has 0 bridgehead atoms. The van der Waals surface area contributed by atoms with E-state index < -0.39 is 0 Å². The second kappa shape index (κ2) is 8.40. The smallest absolute Gasteiger partial charge is 0.278 e. The van der Waals surface area contributed by atoms with Gasteiger partial charge in [0, 0.05) is 33.0 Å². The van der Waals surface area contributed by atoms with Crippen molar-refractivity contribution in [2.24, 2.45) is 0 Å². The lowest BCUT2D eigenvalue weighted by molar-refractivity contribution is -0.137. The zero-order valence-electron chi connectivity index (χ0n) is 16.9. The van der Waals surface area contributed by atoms with E-state index in [0.717, 1.165) is 22.4 Å². The molecule has 0 radical (unpaired) electrons. The number of imide groups is 1. The standard InChI is InChI=1S/C23H26N2O3/c1-16-11-12-18(15-17(16)2)20-21(24(3)19-9-6-5-7-10-19)23(27)25(22(20)26)13-8-14-28-4/h5-7,9-12,15H,8,13-14H2,1-4H3. The molecule has 0 fully saturated rings. The molecule has 2 aromatic carbocycles. The summed E-state index contributed by atoms with van der Waals surface area (Å²) in [5, 5.41) is 0. The molecule has 0 N–H and O–H groups in total. The molecule has 0 aliphatic carbocycles. The Morgan fingerprint density at radius 3 is 2.32 bits per heavy atom. The van der Waals surface area contributed by atoms with Crippen molar-refractivity contribution in [2.75, 3.05) is 32.2 Å². The molecule has 0 saturated heterocycles. The first-order valence-electron chi connectivity index (χ1n) is 9.41. The first kappa shape index (κ1) is 19.8. The molecule has 0 spiro atoms. The number of ether oxygens (including phenoxy) is 1. The van der Waals surface area contributed by atoms with Crippen LogP contribution in [0, 0.1) is 13.8 Å². The summed E-state index contributed by atoms with van der Waals surface area (Å²) in [7, 11) is 3.44. The lowest BCUT2D eigenvalue weighted by Crippen LogP contribution is -2.35. The quantitative estimate of drug-likeness (QED) is 0.546.